The summed E-state index contributed by atoms with van der Waals surface area (Å²) in [5, 5.41) is 12.5. The second kappa shape index (κ2) is 5.88. The lowest BCUT2D eigenvalue weighted by Crippen LogP contribution is -2.50. The van der Waals surface area contributed by atoms with Gasteiger partial charge in [-0.1, -0.05) is 13.8 Å². The predicted octanol–water partition coefficient (Wildman–Crippen LogP) is -0.0675. The molecule has 0 bridgehead atoms. The normalized spacial score (nSPS) is 34.7. The van der Waals surface area contributed by atoms with E-state index >= 15 is 0 Å². The number of likely N-dealkylation sites (N-methyl/N-ethyl adjacent to an activating group) is 1. The second-order valence-electron chi connectivity index (χ2n) is 5.39. The van der Waals surface area contributed by atoms with Crippen LogP contribution in [-0.2, 0) is 14.3 Å². The van der Waals surface area contributed by atoms with Gasteiger partial charge in [0.25, 0.3) is 0 Å². The zero-order chi connectivity index (χ0) is 14.0. The first-order valence-corrected chi connectivity index (χ1v) is 6.90. The van der Waals surface area contributed by atoms with Crippen LogP contribution in [0.5, 0.6) is 0 Å². The standard InChI is InChI=1S/C13H22N2O4/c1-3-14-10-7-19-6-9(10)12(16)15-5-4-8(2)11(15)13(17)18/h8-11,14H,3-7H2,1-2H3,(H,17,18). The van der Waals surface area contributed by atoms with Crippen LogP contribution in [0.15, 0.2) is 0 Å². The van der Waals surface area contributed by atoms with Crippen molar-refractivity contribution >= 4 is 11.9 Å². The Morgan fingerprint density at radius 2 is 2.16 bits per heavy atom. The van der Waals surface area contributed by atoms with Crippen LogP contribution in [-0.4, -0.2) is 60.3 Å². The number of aliphatic carboxylic acids is 1. The number of rotatable bonds is 4. The van der Waals surface area contributed by atoms with Gasteiger partial charge in [-0.25, -0.2) is 4.79 Å². The summed E-state index contributed by atoms with van der Waals surface area (Å²) in [7, 11) is 0. The van der Waals surface area contributed by atoms with Gasteiger partial charge in [0.2, 0.25) is 5.91 Å². The Hall–Kier alpha value is -1.14. The van der Waals surface area contributed by atoms with Crippen molar-refractivity contribution in [1.82, 2.24) is 10.2 Å². The fourth-order valence-corrected chi connectivity index (χ4v) is 3.04. The highest BCUT2D eigenvalue weighted by molar-refractivity contribution is 5.86. The van der Waals surface area contributed by atoms with Crippen molar-refractivity contribution in [2.75, 3.05) is 26.3 Å². The summed E-state index contributed by atoms with van der Waals surface area (Å²) in [6.07, 6.45) is 0.752. The largest absolute Gasteiger partial charge is 0.480 e. The third kappa shape index (κ3) is 2.74. The molecule has 0 aliphatic carbocycles. The monoisotopic (exact) mass is 270 g/mol. The molecule has 0 radical (unpaired) electrons. The molecule has 2 N–H and O–H groups in total. The van der Waals surface area contributed by atoms with Crippen molar-refractivity contribution in [3.05, 3.63) is 0 Å². The molecule has 6 nitrogen and oxygen atoms in total. The minimum absolute atomic E-state index is 0.00264. The van der Waals surface area contributed by atoms with E-state index in [-0.39, 0.29) is 23.8 Å². The number of ether oxygens (including phenoxy) is 1. The third-order valence-electron chi connectivity index (χ3n) is 4.10. The maximum Gasteiger partial charge on any atom is 0.326 e. The summed E-state index contributed by atoms with van der Waals surface area (Å²) < 4.78 is 5.37. The Morgan fingerprint density at radius 1 is 1.42 bits per heavy atom. The first-order chi connectivity index (χ1) is 9.06. The van der Waals surface area contributed by atoms with E-state index in [2.05, 4.69) is 5.32 Å². The lowest BCUT2D eigenvalue weighted by Gasteiger charge is -2.28. The molecule has 4 atom stereocenters. The van der Waals surface area contributed by atoms with Crippen molar-refractivity contribution in [3.63, 3.8) is 0 Å². The quantitative estimate of drug-likeness (QED) is 0.748. The fourth-order valence-electron chi connectivity index (χ4n) is 3.04. The molecular weight excluding hydrogens is 248 g/mol. The minimum atomic E-state index is -0.905. The topological polar surface area (TPSA) is 78.9 Å². The van der Waals surface area contributed by atoms with Crippen LogP contribution in [0.25, 0.3) is 0 Å². The molecule has 108 valence electrons. The van der Waals surface area contributed by atoms with Crippen LogP contribution in [0, 0.1) is 11.8 Å². The summed E-state index contributed by atoms with van der Waals surface area (Å²) in [5.74, 6) is -1.23. The van der Waals surface area contributed by atoms with E-state index < -0.39 is 12.0 Å². The molecule has 19 heavy (non-hydrogen) atoms. The molecule has 2 heterocycles. The molecule has 6 heteroatoms. The number of hydrogen-bond acceptors (Lipinski definition) is 4. The number of carbonyl (C=O) groups is 2. The van der Waals surface area contributed by atoms with E-state index in [4.69, 9.17) is 4.74 Å². The molecule has 0 aromatic rings. The average Bonchev–Trinajstić information content (AvgIpc) is 2.95. The van der Waals surface area contributed by atoms with E-state index in [1.54, 1.807) is 0 Å². The molecule has 0 saturated carbocycles. The van der Waals surface area contributed by atoms with Crippen molar-refractivity contribution in [2.45, 2.75) is 32.4 Å². The van der Waals surface area contributed by atoms with Crippen LogP contribution >= 0.6 is 0 Å². The van der Waals surface area contributed by atoms with Crippen molar-refractivity contribution in [2.24, 2.45) is 11.8 Å². The highest BCUT2D eigenvalue weighted by atomic mass is 16.5. The molecular formula is C13H22N2O4. The van der Waals surface area contributed by atoms with Gasteiger partial charge in [0, 0.05) is 12.6 Å². The van der Waals surface area contributed by atoms with Gasteiger partial charge in [-0.15, -0.1) is 0 Å². The molecule has 2 aliphatic rings. The zero-order valence-electron chi connectivity index (χ0n) is 11.5. The Balaban J connectivity index is 2.08. The fraction of sp³-hybridized carbons (Fsp3) is 0.846. The summed E-state index contributed by atoms with van der Waals surface area (Å²) in [5.41, 5.74) is 0. The smallest absolute Gasteiger partial charge is 0.326 e. The maximum absolute atomic E-state index is 12.5. The van der Waals surface area contributed by atoms with Gasteiger partial charge in [-0.2, -0.15) is 0 Å². The maximum atomic E-state index is 12.5. The van der Waals surface area contributed by atoms with Crippen molar-refractivity contribution in [1.29, 1.82) is 0 Å². The van der Waals surface area contributed by atoms with E-state index in [0.29, 0.717) is 19.8 Å². The van der Waals surface area contributed by atoms with Crippen LogP contribution in [0.2, 0.25) is 0 Å². The molecule has 0 aromatic heterocycles. The van der Waals surface area contributed by atoms with Crippen LogP contribution < -0.4 is 5.32 Å². The lowest BCUT2D eigenvalue weighted by atomic mass is 9.99. The number of carboxylic acids is 1. The molecule has 0 aromatic carbocycles. The Labute approximate surface area is 113 Å². The van der Waals surface area contributed by atoms with Gasteiger partial charge < -0.3 is 20.1 Å². The molecule has 2 saturated heterocycles. The number of nitrogens with zero attached hydrogens (tertiary/aromatic N) is 1. The van der Waals surface area contributed by atoms with Gasteiger partial charge in [0.05, 0.1) is 19.1 Å². The summed E-state index contributed by atoms with van der Waals surface area (Å²) in [4.78, 5) is 25.4. The minimum Gasteiger partial charge on any atom is -0.480 e. The summed E-state index contributed by atoms with van der Waals surface area (Å²) >= 11 is 0. The van der Waals surface area contributed by atoms with E-state index in [0.717, 1.165) is 13.0 Å². The van der Waals surface area contributed by atoms with Gasteiger partial charge in [-0.05, 0) is 18.9 Å². The van der Waals surface area contributed by atoms with Crippen molar-refractivity contribution < 1.29 is 19.4 Å². The van der Waals surface area contributed by atoms with Gasteiger partial charge in [0.1, 0.15) is 6.04 Å². The number of carboxylic acid groups (broad SMARTS) is 1. The Bertz CT molecular complexity index is 361. The predicted molar refractivity (Wildman–Crippen MR) is 68.7 cm³/mol. The van der Waals surface area contributed by atoms with Crippen LogP contribution in [0.3, 0.4) is 0 Å². The Kier molecular flexibility index (Phi) is 4.42. The van der Waals surface area contributed by atoms with Gasteiger partial charge >= 0.3 is 5.97 Å². The number of carbonyl (C=O) groups excluding carboxylic acids is 1. The van der Waals surface area contributed by atoms with E-state index in [1.165, 1.54) is 4.90 Å². The second-order valence-corrected chi connectivity index (χ2v) is 5.39. The summed E-state index contributed by atoms with van der Waals surface area (Å²) in [6.45, 7) is 6.08. The Morgan fingerprint density at radius 3 is 2.79 bits per heavy atom. The number of likely N-dealkylation sites (tertiary alicyclic amines) is 1. The lowest BCUT2D eigenvalue weighted by molar-refractivity contribution is -0.151. The average molecular weight is 270 g/mol. The third-order valence-corrected chi connectivity index (χ3v) is 4.10. The van der Waals surface area contributed by atoms with Gasteiger partial charge in [-0.3, -0.25) is 4.79 Å². The highest BCUT2D eigenvalue weighted by Crippen LogP contribution is 2.28. The van der Waals surface area contributed by atoms with Gasteiger partial charge in [0.15, 0.2) is 0 Å². The SMILES string of the molecule is CCNC1COCC1C(=O)N1CCC(C)C1C(=O)O. The van der Waals surface area contributed by atoms with E-state index in [1.807, 2.05) is 13.8 Å². The number of hydrogen-bond donors (Lipinski definition) is 2. The first kappa shape index (κ1) is 14.3. The molecule has 4 unspecified atom stereocenters. The van der Waals surface area contributed by atoms with Crippen molar-refractivity contribution in [3.8, 4) is 0 Å². The van der Waals surface area contributed by atoms with E-state index in [9.17, 15) is 14.7 Å². The molecule has 0 spiro atoms. The summed E-state index contributed by atoms with van der Waals surface area (Å²) in [6, 6.07) is -0.682. The first-order valence-electron chi connectivity index (χ1n) is 6.90. The zero-order valence-corrected chi connectivity index (χ0v) is 11.5. The number of amides is 1. The van der Waals surface area contributed by atoms with Crippen LogP contribution in [0.4, 0.5) is 0 Å². The molecule has 2 rings (SSSR count). The molecule has 2 aliphatic heterocycles. The van der Waals surface area contributed by atoms with Crippen LogP contribution in [0.1, 0.15) is 20.3 Å². The highest BCUT2D eigenvalue weighted by Gasteiger charge is 2.44. The number of nitrogens with one attached hydrogen (secondary N) is 1. The molecule has 2 fully saturated rings. The molecule has 1 amide bonds.